The van der Waals surface area contributed by atoms with Crippen molar-refractivity contribution in [3.63, 3.8) is 0 Å². The Morgan fingerprint density at radius 1 is 1.17 bits per heavy atom. The van der Waals surface area contributed by atoms with E-state index in [4.69, 9.17) is 4.74 Å². The Morgan fingerprint density at radius 3 is 2.59 bits per heavy atom. The maximum atomic E-state index is 12.8. The zero-order chi connectivity index (χ0) is 20.2. The van der Waals surface area contributed by atoms with Gasteiger partial charge in [0.15, 0.2) is 5.69 Å². The molecule has 6 nitrogen and oxygen atoms in total. The number of nitrogens with one attached hydrogen (secondary N) is 1. The van der Waals surface area contributed by atoms with Crippen molar-refractivity contribution >= 4 is 5.91 Å². The van der Waals surface area contributed by atoms with Gasteiger partial charge in [-0.25, -0.2) is 4.68 Å². The van der Waals surface area contributed by atoms with Crippen molar-refractivity contribution in [1.29, 1.82) is 0 Å². The smallest absolute Gasteiger partial charge is 0.272 e. The monoisotopic (exact) mass is 389 g/mol. The molecule has 0 saturated carbocycles. The summed E-state index contributed by atoms with van der Waals surface area (Å²) in [5.74, 6) is 0.628. The third kappa shape index (κ3) is 4.07. The van der Waals surface area contributed by atoms with Gasteiger partial charge in [-0.3, -0.25) is 4.79 Å². The Bertz CT molecular complexity index is 1010. The minimum Gasteiger partial charge on any atom is -0.497 e. The number of para-hydroxylation sites is 1. The molecule has 1 heterocycles. The summed E-state index contributed by atoms with van der Waals surface area (Å²) in [6.45, 7) is 0.0904. The first-order valence-electron chi connectivity index (χ1n) is 9.58. The van der Waals surface area contributed by atoms with E-state index >= 15 is 0 Å². The number of ether oxygens (including phenoxy) is 1. The molecule has 2 aromatic carbocycles. The number of methoxy groups -OCH3 is 1. The molecule has 0 unspecified atom stereocenters. The number of amides is 1. The molecule has 2 atom stereocenters. The van der Waals surface area contributed by atoms with Crippen molar-refractivity contribution in [1.82, 2.24) is 15.1 Å². The second-order valence-corrected chi connectivity index (χ2v) is 7.03. The molecule has 0 saturated heterocycles. The van der Waals surface area contributed by atoms with Gasteiger partial charge < -0.3 is 15.2 Å². The quantitative estimate of drug-likeness (QED) is 0.635. The lowest BCUT2D eigenvalue weighted by atomic mass is 10.1. The molecule has 29 heavy (non-hydrogen) atoms. The number of carbonyl (C=O) groups is 1. The highest BCUT2D eigenvalue weighted by Crippen LogP contribution is 2.26. The highest BCUT2D eigenvalue weighted by molar-refractivity contribution is 5.94. The molecule has 0 bridgehead atoms. The summed E-state index contributed by atoms with van der Waals surface area (Å²) in [7, 11) is 1.63. The third-order valence-electron chi connectivity index (χ3n) is 5.05. The average Bonchev–Trinajstić information content (AvgIpc) is 3.41. The molecule has 148 valence electrons. The first-order chi connectivity index (χ1) is 14.2. The Morgan fingerprint density at radius 2 is 1.93 bits per heavy atom. The van der Waals surface area contributed by atoms with Gasteiger partial charge >= 0.3 is 0 Å². The number of carbonyl (C=O) groups excluding carboxylic acids is 1. The van der Waals surface area contributed by atoms with Crippen molar-refractivity contribution < 1.29 is 14.6 Å². The molecule has 0 aliphatic heterocycles. The number of aliphatic hydroxyl groups excluding tert-OH is 1. The summed E-state index contributed by atoms with van der Waals surface area (Å²) < 4.78 is 7.02. The zero-order valence-electron chi connectivity index (χ0n) is 16.2. The first-order valence-corrected chi connectivity index (χ1v) is 9.58. The van der Waals surface area contributed by atoms with Crippen LogP contribution in [0.1, 0.15) is 16.9 Å². The standard InChI is InChI=1S/C23H23N3O3/c1-29-20-11-8-17(9-12-20)22-14-21(25-26(22)19-5-3-2-4-6-19)23(28)24-18-10-7-16(13-18)15-27/h2-12,14,16,18,27H,13,15H2,1H3,(H,24,28)/t16-,18+/m0/s1. The predicted octanol–water partition coefficient (Wildman–Crippen LogP) is 3.21. The fourth-order valence-electron chi connectivity index (χ4n) is 3.48. The van der Waals surface area contributed by atoms with E-state index in [1.807, 2.05) is 66.7 Å². The van der Waals surface area contributed by atoms with Crippen LogP contribution in [0.4, 0.5) is 0 Å². The number of rotatable bonds is 6. The molecule has 3 aromatic rings. The van der Waals surface area contributed by atoms with E-state index in [-0.39, 0.29) is 24.5 Å². The van der Waals surface area contributed by atoms with Crippen LogP contribution in [0.15, 0.2) is 72.8 Å². The van der Waals surface area contributed by atoms with E-state index in [2.05, 4.69) is 10.4 Å². The van der Waals surface area contributed by atoms with Gasteiger partial charge in [-0.1, -0.05) is 30.4 Å². The topological polar surface area (TPSA) is 76.4 Å². The number of hydrogen-bond acceptors (Lipinski definition) is 4. The summed E-state index contributed by atoms with van der Waals surface area (Å²) in [5.41, 5.74) is 2.97. The lowest BCUT2D eigenvalue weighted by molar-refractivity contribution is 0.0935. The van der Waals surface area contributed by atoms with E-state index in [9.17, 15) is 9.90 Å². The van der Waals surface area contributed by atoms with E-state index in [0.717, 1.165) is 22.7 Å². The van der Waals surface area contributed by atoms with Gasteiger partial charge in [0.1, 0.15) is 5.75 Å². The normalized spacial score (nSPS) is 18.0. The number of nitrogens with zero attached hydrogens (tertiary/aromatic N) is 2. The van der Waals surface area contributed by atoms with Gasteiger partial charge in [0.05, 0.1) is 18.5 Å². The molecule has 0 radical (unpaired) electrons. The molecule has 4 rings (SSSR count). The Kier molecular flexibility index (Phi) is 5.44. The molecule has 1 aliphatic carbocycles. The molecule has 0 fully saturated rings. The summed E-state index contributed by atoms with van der Waals surface area (Å²) in [6.07, 6.45) is 4.57. The summed E-state index contributed by atoms with van der Waals surface area (Å²) in [5, 5.41) is 16.8. The van der Waals surface area contributed by atoms with E-state index < -0.39 is 0 Å². The van der Waals surface area contributed by atoms with Crippen LogP contribution < -0.4 is 10.1 Å². The molecule has 6 heteroatoms. The maximum absolute atomic E-state index is 12.8. The lowest BCUT2D eigenvalue weighted by Gasteiger charge is -2.11. The second-order valence-electron chi connectivity index (χ2n) is 7.03. The summed E-state index contributed by atoms with van der Waals surface area (Å²) >= 11 is 0. The van der Waals surface area contributed by atoms with Gasteiger partial charge in [-0.15, -0.1) is 0 Å². The molecule has 0 spiro atoms. The van der Waals surface area contributed by atoms with Crippen LogP contribution in [0, 0.1) is 5.92 Å². The van der Waals surface area contributed by atoms with E-state index in [1.165, 1.54) is 0 Å². The highest BCUT2D eigenvalue weighted by Gasteiger charge is 2.23. The van der Waals surface area contributed by atoms with Gasteiger partial charge in [0.25, 0.3) is 5.91 Å². The second kappa shape index (κ2) is 8.32. The van der Waals surface area contributed by atoms with Crippen LogP contribution in [-0.2, 0) is 0 Å². The minimum atomic E-state index is -0.234. The Balaban J connectivity index is 1.66. The largest absolute Gasteiger partial charge is 0.497 e. The van der Waals surface area contributed by atoms with Crippen LogP contribution >= 0.6 is 0 Å². The summed E-state index contributed by atoms with van der Waals surface area (Å²) in [6, 6.07) is 19.1. The molecule has 1 amide bonds. The van der Waals surface area contributed by atoms with Crippen molar-refractivity contribution in [2.45, 2.75) is 12.5 Å². The van der Waals surface area contributed by atoms with Gasteiger partial charge in [0, 0.05) is 24.1 Å². The summed E-state index contributed by atoms with van der Waals surface area (Å²) in [4.78, 5) is 12.8. The Hall–Kier alpha value is -3.38. The van der Waals surface area contributed by atoms with Crippen LogP contribution in [0.5, 0.6) is 5.75 Å². The van der Waals surface area contributed by atoms with Crippen molar-refractivity contribution in [3.05, 3.63) is 78.5 Å². The molecule has 1 aliphatic rings. The van der Waals surface area contributed by atoms with Gasteiger partial charge in [0.2, 0.25) is 0 Å². The minimum absolute atomic E-state index is 0.0904. The number of aliphatic hydroxyl groups is 1. The number of aromatic nitrogens is 2. The van der Waals surface area contributed by atoms with Crippen LogP contribution in [0.2, 0.25) is 0 Å². The highest BCUT2D eigenvalue weighted by atomic mass is 16.5. The number of benzene rings is 2. The SMILES string of the molecule is COc1ccc(-c2cc(C(=O)N[C@@H]3C=C[C@H](CO)C3)nn2-c2ccccc2)cc1. The van der Waals surface area contributed by atoms with E-state index in [1.54, 1.807) is 17.9 Å². The fraction of sp³-hybridized carbons (Fsp3) is 0.217. The zero-order valence-corrected chi connectivity index (χ0v) is 16.2. The van der Waals surface area contributed by atoms with Gasteiger partial charge in [-0.05, 0) is 48.9 Å². The molecular formula is C23H23N3O3. The molecule has 2 N–H and O–H groups in total. The van der Waals surface area contributed by atoms with Crippen LogP contribution in [-0.4, -0.2) is 40.6 Å². The van der Waals surface area contributed by atoms with Crippen molar-refractivity contribution in [3.8, 4) is 22.7 Å². The fourth-order valence-corrected chi connectivity index (χ4v) is 3.48. The van der Waals surface area contributed by atoms with E-state index in [0.29, 0.717) is 12.1 Å². The predicted molar refractivity (Wildman–Crippen MR) is 111 cm³/mol. The van der Waals surface area contributed by atoms with Crippen LogP contribution in [0.3, 0.4) is 0 Å². The van der Waals surface area contributed by atoms with Gasteiger partial charge in [-0.2, -0.15) is 5.10 Å². The maximum Gasteiger partial charge on any atom is 0.272 e. The molecular weight excluding hydrogens is 366 g/mol. The van der Waals surface area contributed by atoms with Crippen molar-refractivity contribution in [2.75, 3.05) is 13.7 Å². The molecule has 1 aromatic heterocycles. The number of hydrogen-bond donors (Lipinski definition) is 2. The van der Waals surface area contributed by atoms with Crippen molar-refractivity contribution in [2.24, 2.45) is 5.92 Å². The third-order valence-corrected chi connectivity index (χ3v) is 5.05. The lowest BCUT2D eigenvalue weighted by Crippen LogP contribution is -2.33. The Labute approximate surface area is 169 Å². The first kappa shape index (κ1) is 19.0. The van der Waals surface area contributed by atoms with Crippen LogP contribution in [0.25, 0.3) is 16.9 Å². The average molecular weight is 389 g/mol.